The molecule has 0 spiro atoms. The highest BCUT2D eigenvalue weighted by Gasteiger charge is 2.13. The van der Waals surface area contributed by atoms with E-state index in [1.54, 1.807) is 37.4 Å². The van der Waals surface area contributed by atoms with Gasteiger partial charge in [0.05, 0.1) is 12.7 Å². The predicted octanol–water partition coefficient (Wildman–Crippen LogP) is 3.65. The molecule has 1 heterocycles. The molecule has 3 aromatic rings. The van der Waals surface area contributed by atoms with Crippen molar-refractivity contribution in [2.75, 3.05) is 12.8 Å². The zero-order valence-electron chi connectivity index (χ0n) is 11.2. The van der Waals surface area contributed by atoms with E-state index in [0.29, 0.717) is 33.7 Å². The Morgan fingerprint density at radius 3 is 2.76 bits per heavy atom. The summed E-state index contributed by atoms with van der Waals surface area (Å²) in [6, 6.07) is 12.5. The highest BCUT2D eigenvalue weighted by Crippen LogP contribution is 2.30. The number of rotatable bonds is 3. The number of aromatic nitrogens is 2. The van der Waals surface area contributed by atoms with Crippen LogP contribution >= 0.6 is 11.6 Å². The zero-order valence-corrected chi connectivity index (χ0v) is 12.0. The first-order valence-electron chi connectivity index (χ1n) is 6.21. The number of hydrogen-bond donors (Lipinski definition) is 1. The Hall–Kier alpha value is -2.53. The molecule has 0 aliphatic rings. The number of anilines is 1. The van der Waals surface area contributed by atoms with E-state index in [-0.39, 0.29) is 0 Å². The van der Waals surface area contributed by atoms with E-state index in [0.717, 1.165) is 5.56 Å². The van der Waals surface area contributed by atoms with Crippen molar-refractivity contribution in [2.24, 2.45) is 0 Å². The Balaban J connectivity index is 1.98. The van der Waals surface area contributed by atoms with Gasteiger partial charge in [-0.05, 0) is 24.3 Å². The summed E-state index contributed by atoms with van der Waals surface area (Å²) in [4.78, 5) is 4.35. The molecule has 0 unspecified atom stereocenters. The van der Waals surface area contributed by atoms with Crippen LogP contribution in [0.4, 0.5) is 5.69 Å². The summed E-state index contributed by atoms with van der Waals surface area (Å²) in [7, 11) is 1.58. The summed E-state index contributed by atoms with van der Waals surface area (Å²) in [6.45, 7) is 0. The number of hydrogen-bond acceptors (Lipinski definition) is 5. The number of nitrogens with zero attached hydrogens (tertiary/aromatic N) is 2. The normalized spacial score (nSPS) is 10.6. The smallest absolute Gasteiger partial charge is 0.260 e. The van der Waals surface area contributed by atoms with Crippen LogP contribution in [-0.4, -0.2) is 17.3 Å². The Bertz CT molecular complexity index is 786. The summed E-state index contributed by atoms with van der Waals surface area (Å²) < 4.78 is 10.4. The first-order valence-corrected chi connectivity index (χ1v) is 6.58. The molecule has 0 aliphatic carbocycles. The van der Waals surface area contributed by atoms with Crippen molar-refractivity contribution in [1.29, 1.82) is 0 Å². The maximum Gasteiger partial charge on any atom is 0.260 e. The van der Waals surface area contributed by atoms with Gasteiger partial charge in [-0.25, -0.2) is 0 Å². The quantitative estimate of drug-likeness (QED) is 0.747. The molecule has 1 aromatic heterocycles. The van der Waals surface area contributed by atoms with Gasteiger partial charge in [-0.1, -0.05) is 28.9 Å². The second-order valence-corrected chi connectivity index (χ2v) is 4.82. The fourth-order valence-electron chi connectivity index (χ4n) is 1.94. The molecule has 0 aliphatic heterocycles. The highest BCUT2D eigenvalue weighted by atomic mass is 35.5. The molecule has 0 bridgehead atoms. The molecule has 21 heavy (non-hydrogen) atoms. The van der Waals surface area contributed by atoms with Gasteiger partial charge in [0, 0.05) is 22.3 Å². The maximum atomic E-state index is 5.97. The maximum absolute atomic E-state index is 5.97. The lowest BCUT2D eigenvalue weighted by molar-refractivity contribution is 0.414. The minimum absolute atomic E-state index is 0.352. The molecule has 3 rings (SSSR count). The fraction of sp³-hybridized carbons (Fsp3) is 0.0667. The highest BCUT2D eigenvalue weighted by molar-refractivity contribution is 6.30. The van der Waals surface area contributed by atoms with Crippen molar-refractivity contribution in [3.8, 4) is 28.6 Å². The number of nitrogens with two attached hydrogens (primary N) is 1. The van der Waals surface area contributed by atoms with E-state index in [1.165, 1.54) is 0 Å². The Labute approximate surface area is 126 Å². The van der Waals surface area contributed by atoms with Gasteiger partial charge in [-0.3, -0.25) is 0 Å². The first-order chi connectivity index (χ1) is 10.2. The van der Waals surface area contributed by atoms with Gasteiger partial charge in [0.1, 0.15) is 5.75 Å². The molecule has 0 fully saturated rings. The van der Waals surface area contributed by atoms with E-state index in [9.17, 15) is 0 Å². The lowest BCUT2D eigenvalue weighted by atomic mass is 10.1. The van der Waals surface area contributed by atoms with Crippen LogP contribution in [0.5, 0.6) is 5.75 Å². The van der Waals surface area contributed by atoms with Crippen LogP contribution in [0, 0.1) is 0 Å². The molecule has 0 saturated heterocycles. The average molecular weight is 302 g/mol. The number of methoxy groups -OCH3 is 1. The molecule has 6 heteroatoms. The van der Waals surface area contributed by atoms with Crippen LogP contribution in [0.2, 0.25) is 5.02 Å². The van der Waals surface area contributed by atoms with Crippen molar-refractivity contribution in [1.82, 2.24) is 10.1 Å². The van der Waals surface area contributed by atoms with Crippen molar-refractivity contribution < 1.29 is 9.26 Å². The molecule has 0 radical (unpaired) electrons. The monoisotopic (exact) mass is 301 g/mol. The summed E-state index contributed by atoms with van der Waals surface area (Å²) in [5.74, 6) is 1.48. The van der Waals surface area contributed by atoms with Crippen LogP contribution in [0.3, 0.4) is 0 Å². The lowest BCUT2D eigenvalue weighted by Crippen LogP contribution is -1.92. The van der Waals surface area contributed by atoms with Gasteiger partial charge in [-0.2, -0.15) is 4.98 Å². The van der Waals surface area contributed by atoms with Crippen molar-refractivity contribution >= 4 is 17.3 Å². The number of benzene rings is 2. The van der Waals surface area contributed by atoms with E-state index in [4.69, 9.17) is 26.6 Å². The minimum atomic E-state index is 0.352. The third kappa shape index (κ3) is 2.68. The van der Waals surface area contributed by atoms with Crippen LogP contribution in [0.1, 0.15) is 0 Å². The Kier molecular flexibility index (Phi) is 3.50. The largest absolute Gasteiger partial charge is 0.497 e. The third-order valence-corrected chi connectivity index (χ3v) is 3.23. The molecule has 106 valence electrons. The molecular weight excluding hydrogens is 290 g/mol. The topological polar surface area (TPSA) is 74.2 Å². The molecule has 0 saturated carbocycles. The molecule has 2 aromatic carbocycles. The van der Waals surface area contributed by atoms with Gasteiger partial charge < -0.3 is 15.0 Å². The van der Waals surface area contributed by atoms with Crippen LogP contribution in [-0.2, 0) is 0 Å². The summed E-state index contributed by atoms with van der Waals surface area (Å²) in [6.07, 6.45) is 0. The molecule has 2 N–H and O–H groups in total. The van der Waals surface area contributed by atoms with E-state index >= 15 is 0 Å². The number of ether oxygens (including phenoxy) is 1. The van der Waals surface area contributed by atoms with Crippen molar-refractivity contribution in [2.45, 2.75) is 0 Å². The molecule has 5 nitrogen and oxygen atoms in total. The number of halogens is 1. The van der Waals surface area contributed by atoms with Crippen LogP contribution < -0.4 is 10.5 Å². The fourth-order valence-corrected chi connectivity index (χ4v) is 2.13. The molecular formula is C15H12ClN3O2. The second kappa shape index (κ2) is 5.46. The first kappa shape index (κ1) is 13.5. The summed E-state index contributed by atoms with van der Waals surface area (Å²) in [5, 5.41) is 4.57. The standard InChI is InChI=1S/C15H12ClN3O2/c1-20-11-5-6-12(13(17)8-11)15-18-14(19-21-15)9-3-2-4-10(16)7-9/h2-8H,17H2,1H3. The van der Waals surface area contributed by atoms with E-state index in [2.05, 4.69) is 10.1 Å². The average Bonchev–Trinajstić information content (AvgIpc) is 2.96. The van der Waals surface area contributed by atoms with E-state index < -0.39 is 0 Å². The SMILES string of the molecule is COc1ccc(-c2nc(-c3cccc(Cl)c3)no2)c(N)c1. The van der Waals surface area contributed by atoms with Crippen LogP contribution in [0.25, 0.3) is 22.8 Å². The summed E-state index contributed by atoms with van der Waals surface area (Å²) >= 11 is 5.96. The lowest BCUT2D eigenvalue weighted by Gasteiger charge is -2.03. The van der Waals surface area contributed by atoms with Crippen molar-refractivity contribution in [3.63, 3.8) is 0 Å². The van der Waals surface area contributed by atoms with Gasteiger partial charge in [0.2, 0.25) is 5.82 Å². The molecule has 0 atom stereocenters. The van der Waals surface area contributed by atoms with Crippen molar-refractivity contribution in [3.05, 3.63) is 47.5 Å². The summed E-state index contributed by atoms with van der Waals surface area (Å²) in [5.41, 5.74) is 7.93. The third-order valence-electron chi connectivity index (χ3n) is 3.00. The van der Waals surface area contributed by atoms with E-state index in [1.807, 2.05) is 12.1 Å². The van der Waals surface area contributed by atoms with Gasteiger partial charge in [0.15, 0.2) is 0 Å². The zero-order chi connectivity index (χ0) is 14.8. The second-order valence-electron chi connectivity index (χ2n) is 4.39. The predicted molar refractivity (Wildman–Crippen MR) is 81.1 cm³/mol. The van der Waals surface area contributed by atoms with Gasteiger partial charge in [-0.15, -0.1) is 0 Å². The minimum Gasteiger partial charge on any atom is -0.497 e. The van der Waals surface area contributed by atoms with Gasteiger partial charge in [0.25, 0.3) is 5.89 Å². The number of nitrogen functional groups attached to an aromatic ring is 1. The Morgan fingerprint density at radius 1 is 1.19 bits per heavy atom. The van der Waals surface area contributed by atoms with Crippen LogP contribution in [0.15, 0.2) is 47.0 Å². The molecule has 0 amide bonds. The Morgan fingerprint density at radius 2 is 2.05 bits per heavy atom. The van der Waals surface area contributed by atoms with Gasteiger partial charge >= 0.3 is 0 Å².